The van der Waals surface area contributed by atoms with E-state index in [1.165, 1.54) is 64.1 Å². The molecule has 3 heterocycles. The van der Waals surface area contributed by atoms with Crippen LogP contribution < -0.4 is 24.4 Å². The number of carbonyl (C=O) groups excluding carboxylic acids is 1. The molecule has 0 amide bonds. The minimum atomic E-state index is -0.739. The van der Waals surface area contributed by atoms with Crippen molar-refractivity contribution in [3.8, 4) is 40.0 Å². The lowest BCUT2D eigenvalue weighted by Gasteiger charge is -2.15. The summed E-state index contributed by atoms with van der Waals surface area (Å²) in [4.78, 5) is 35.5. The minimum Gasteiger partial charge on any atom is -0.493 e. The number of fused-ring (bicyclic) bond motifs is 1. The van der Waals surface area contributed by atoms with Gasteiger partial charge in [0.1, 0.15) is 17.2 Å². The number of hydrogen-bond donors (Lipinski definition) is 0. The summed E-state index contributed by atoms with van der Waals surface area (Å²) in [6, 6.07) is 11.1. The van der Waals surface area contributed by atoms with E-state index in [-0.39, 0.29) is 39.8 Å². The summed E-state index contributed by atoms with van der Waals surface area (Å²) < 4.78 is 52.6. The van der Waals surface area contributed by atoms with Crippen LogP contribution in [0.4, 0.5) is 8.78 Å². The number of halogens is 2. The van der Waals surface area contributed by atoms with Gasteiger partial charge in [0.15, 0.2) is 34.2 Å². The molecule has 3 aromatic heterocycles. The van der Waals surface area contributed by atoms with Crippen molar-refractivity contribution >= 4 is 16.8 Å². The van der Waals surface area contributed by atoms with Crippen LogP contribution in [-0.4, -0.2) is 41.6 Å². The van der Waals surface area contributed by atoms with Gasteiger partial charge in [-0.1, -0.05) is 12.1 Å². The number of Topliss-reactive ketones (excluding diaryl/α,β-unsaturated/α-hetero) is 1. The summed E-state index contributed by atoms with van der Waals surface area (Å²) in [5, 5.41) is 0. The van der Waals surface area contributed by atoms with E-state index in [2.05, 4.69) is 9.97 Å². The van der Waals surface area contributed by atoms with Crippen molar-refractivity contribution in [3.63, 3.8) is 0 Å². The molecule has 0 unspecified atom stereocenters. The van der Waals surface area contributed by atoms with E-state index in [9.17, 15) is 14.0 Å². The zero-order chi connectivity index (χ0) is 30.8. The number of aromatic nitrogens is 3. The van der Waals surface area contributed by atoms with Gasteiger partial charge in [-0.05, 0) is 36.2 Å². The second kappa shape index (κ2) is 11.9. The van der Waals surface area contributed by atoms with Crippen LogP contribution in [0.25, 0.3) is 22.2 Å². The molecule has 9 nitrogen and oxygen atoms in total. The highest BCUT2D eigenvalue weighted by Crippen LogP contribution is 2.38. The van der Waals surface area contributed by atoms with E-state index in [1.54, 1.807) is 30.7 Å². The smallest absolute Gasteiger partial charge is 0.257 e. The molecule has 0 bridgehead atoms. The standard InChI is InChI=1S/C32H27F2N3O6/c1-17-29(18-6-8-20(33)9-7-18)31(39)21(16-37(17)2)24(38)12-19-13-26(40-3)27(14-22(19)34)43-25-10-11-35-23-15-28(41-4)32(42-5)36-30(23)25/h6-11,13-16H,12H2,1-5H3. The first-order valence-corrected chi connectivity index (χ1v) is 13.1. The van der Waals surface area contributed by atoms with Crippen molar-refractivity contribution in [3.05, 3.63) is 99.6 Å². The first-order valence-electron chi connectivity index (χ1n) is 13.1. The quantitative estimate of drug-likeness (QED) is 0.199. The van der Waals surface area contributed by atoms with Gasteiger partial charge >= 0.3 is 0 Å². The van der Waals surface area contributed by atoms with Crippen LogP contribution in [0.15, 0.2) is 65.7 Å². The van der Waals surface area contributed by atoms with Crippen LogP contribution in [0.5, 0.6) is 28.9 Å². The molecular weight excluding hydrogens is 560 g/mol. The van der Waals surface area contributed by atoms with E-state index in [4.69, 9.17) is 18.9 Å². The molecule has 2 aromatic carbocycles. The predicted octanol–water partition coefficient (Wildman–Crippen LogP) is 5.83. The van der Waals surface area contributed by atoms with Crippen molar-refractivity contribution in [1.82, 2.24) is 14.5 Å². The van der Waals surface area contributed by atoms with Gasteiger partial charge in [0, 0.05) is 55.3 Å². The second-order valence-electron chi connectivity index (χ2n) is 9.62. The molecule has 43 heavy (non-hydrogen) atoms. The minimum absolute atomic E-state index is 0.00396. The van der Waals surface area contributed by atoms with Gasteiger partial charge in [0.05, 0.1) is 32.4 Å². The fourth-order valence-electron chi connectivity index (χ4n) is 4.71. The molecule has 5 aromatic rings. The van der Waals surface area contributed by atoms with Crippen LogP contribution in [0.2, 0.25) is 0 Å². The van der Waals surface area contributed by atoms with Crippen molar-refractivity contribution in [1.29, 1.82) is 0 Å². The van der Waals surface area contributed by atoms with Crippen molar-refractivity contribution in [2.45, 2.75) is 13.3 Å². The Hall–Kier alpha value is -5.32. The molecule has 0 aliphatic heterocycles. The monoisotopic (exact) mass is 587 g/mol. The van der Waals surface area contributed by atoms with E-state index >= 15 is 4.39 Å². The lowest BCUT2D eigenvalue weighted by Crippen LogP contribution is -2.23. The van der Waals surface area contributed by atoms with Gasteiger partial charge in [-0.25, -0.2) is 13.8 Å². The molecule has 0 aliphatic carbocycles. The molecule has 0 N–H and O–H groups in total. The summed E-state index contributed by atoms with van der Waals surface area (Å²) in [6.07, 6.45) is 2.51. The predicted molar refractivity (Wildman–Crippen MR) is 156 cm³/mol. The van der Waals surface area contributed by atoms with Crippen LogP contribution in [0, 0.1) is 18.6 Å². The lowest BCUT2D eigenvalue weighted by atomic mass is 9.97. The van der Waals surface area contributed by atoms with Crippen molar-refractivity contribution in [2.75, 3.05) is 21.3 Å². The van der Waals surface area contributed by atoms with E-state index in [1.807, 2.05) is 0 Å². The maximum absolute atomic E-state index is 15.4. The van der Waals surface area contributed by atoms with Gasteiger partial charge in [0.25, 0.3) is 5.88 Å². The van der Waals surface area contributed by atoms with E-state index in [0.29, 0.717) is 28.0 Å². The molecule has 220 valence electrons. The highest BCUT2D eigenvalue weighted by atomic mass is 19.1. The van der Waals surface area contributed by atoms with Crippen LogP contribution in [-0.2, 0) is 13.5 Å². The summed E-state index contributed by atoms with van der Waals surface area (Å²) in [5.41, 5.74) is 1.49. The highest BCUT2D eigenvalue weighted by Gasteiger charge is 2.22. The SMILES string of the molecule is COc1cc(CC(=O)c2cn(C)c(C)c(-c3ccc(F)cc3)c2=O)c(F)cc1Oc1ccnc2cc(OC)c(OC)nc12. The molecule has 0 radical (unpaired) electrons. The molecule has 0 aliphatic rings. The third kappa shape index (κ3) is 5.61. The van der Waals surface area contributed by atoms with E-state index < -0.39 is 29.3 Å². The average molecular weight is 588 g/mol. The Morgan fingerprint density at radius 3 is 2.30 bits per heavy atom. The highest BCUT2D eigenvalue weighted by molar-refractivity contribution is 5.98. The number of hydrogen-bond acceptors (Lipinski definition) is 8. The fourth-order valence-corrected chi connectivity index (χ4v) is 4.71. The summed E-state index contributed by atoms with van der Waals surface area (Å²) in [7, 11) is 6.00. The van der Waals surface area contributed by atoms with Gasteiger partial charge in [-0.15, -0.1) is 0 Å². The molecule has 5 rings (SSSR count). The molecule has 0 spiro atoms. The Morgan fingerprint density at radius 1 is 0.907 bits per heavy atom. The number of nitrogens with zero attached hydrogens (tertiary/aromatic N) is 3. The summed E-state index contributed by atoms with van der Waals surface area (Å²) in [6.45, 7) is 1.73. The maximum atomic E-state index is 15.4. The summed E-state index contributed by atoms with van der Waals surface area (Å²) >= 11 is 0. The van der Waals surface area contributed by atoms with Crippen molar-refractivity contribution < 1.29 is 32.5 Å². The van der Waals surface area contributed by atoms with Crippen LogP contribution in [0.1, 0.15) is 21.6 Å². The lowest BCUT2D eigenvalue weighted by molar-refractivity contribution is 0.0990. The van der Waals surface area contributed by atoms with E-state index in [0.717, 1.165) is 6.07 Å². The topological polar surface area (TPSA) is 102 Å². The summed E-state index contributed by atoms with van der Waals surface area (Å²) in [5.74, 6) is -0.750. The molecule has 0 saturated carbocycles. The Labute approximate surface area is 245 Å². The third-order valence-electron chi connectivity index (χ3n) is 7.04. The Kier molecular flexibility index (Phi) is 8.07. The molecule has 0 saturated heterocycles. The van der Waals surface area contributed by atoms with Gasteiger partial charge in [-0.2, -0.15) is 0 Å². The number of rotatable bonds is 9. The molecule has 0 atom stereocenters. The Balaban J connectivity index is 1.48. The fraction of sp³-hybridized carbons (Fsp3) is 0.188. The zero-order valence-electron chi connectivity index (χ0n) is 24.0. The Bertz CT molecular complexity index is 1920. The number of aryl methyl sites for hydroxylation is 1. The van der Waals surface area contributed by atoms with Crippen LogP contribution >= 0.6 is 0 Å². The molecule has 11 heteroatoms. The van der Waals surface area contributed by atoms with Gasteiger partial charge in [0.2, 0.25) is 0 Å². The Morgan fingerprint density at radius 2 is 1.63 bits per heavy atom. The number of ketones is 1. The first-order chi connectivity index (χ1) is 20.6. The molecule has 0 fully saturated rings. The van der Waals surface area contributed by atoms with Crippen molar-refractivity contribution in [2.24, 2.45) is 7.05 Å². The first kappa shape index (κ1) is 29.2. The maximum Gasteiger partial charge on any atom is 0.257 e. The average Bonchev–Trinajstić information content (AvgIpc) is 3.00. The number of ether oxygens (including phenoxy) is 4. The number of methoxy groups -OCH3 is 3. The number of benzene rings is 2. The number of pyridine rings is 3. The van der Waals surface area contributed by atoms with Crippen LogP contribution in [0.3, 0.4) is 0 Å². The molecular formula is C32H27F2N3O6. The normalized spacial score (nSPS) is 11.0. The number of carbonyl (C=O) groups is 1. The second-order valence-corrected chi connectivity index (χ2v) is 9.62. The van der Waals surface area contributed by atoms with Gasteiger partial charge in [-0.3, -0.25) is 14.6 Å². The van der Waals surface area contributed by atoms with Gasteiger partial charge < -0.3 is 23.5 Å². The zero-order valence-corrected chi connectivity index (χ0v) is 24.0. The largest absolute Gasteiger partial charge is 0.493 e. The third-order valence-corrected chi connectivity index (χ3v) is 7.04.